The number of hydrogen-bond acceptors (Lipinski definition) is 5. The van der Waals surface area contributed by atoms with E-state index in [0.717, 1.165) is 17.7 Å². The minimum absolute atomic E-state index is 0.00674. The van der Waals surface area contributed by atoms with Gasteiger partial charge in [0.25, 0.3) is 0 Å². The molecule has 0 aliphatic carbocycles. The number of guanidine groups is 1. The number of aliphatic hydroxyl groups is 1. The van der Waals surface area contributed by atoms with Crippen LogP contribution in [0.4, 0.5) is 0 Å². The molecule has 0 saturated heterocycles. The van der Waals surface area contributed by atoms with Crippen LogP contribution in [0.5, 0.6) is 17.4 Å². The maximum absolute atomic E-state index is 9.78. The highest BCUT2D eigenvalue weighted by Gasteiger charge is 2.11. The minimum Gasteiger partial charge on any atom is -0.490 e. The smallest absolute Gasteiger partial charge is 0.219 e. The lowest BCUT2D eigenvalue weighted by molar-refractivity contribution is 0.265. The quantitative estimate of drug-likeness (QED) is 0.302. The van der Waals surface area contributed by atoms with Crippen molar-refractivity contribution in [3.63, 3.8) is 0 Å². The van der Waals surface area contributed by atoms with Gasteiger partial charge in [0.2, 0.25) is 5.88 Å². The predicted molar refractivity (Wildman–Crippen MR) is 131 cm³/mol. The second-order valence-electron chi connectivity index (χ2n) is 7.35. The number of pyridine rings is 1. The highest BCUT2D eigenvalue weighted by Crippen LogP contribution is 2.30. The molecule has 1 atom stereocenters. The van der Waals surface area contributed by atoms with Gasteiger partial charge in [-0.05, 0) is 37.1 Å². The topological polar surface area (TPSA) is 88.0 Å². The molecule has 1 unspecified atom stereocenters. The lowest BCUT2D eigenvalue weighted by atomic mass is 10.0. The summed E-state index contributed by atoms with van der Waals surface area (Å²) in [6.45, 7) is 6.37. The van der Waals surface area contributed by atoms with Gasteiger partial charge >= 0.3 is 0 Å². The van der Waals surface area contributed by atoms with Gasteiger partial charge in [0.05, 0.1) is 19.8 Å². The summed E-state index contributed by atoms with van der Waals surface area (Å²) in [6, 6.07) is 21.3. The van der Waals surface area contributed by atoms with Crippen LogP contribution >= 0.6 is 0 Å². The van der Waals surface area contributed by atoms with E-state index in [1.807, 2.05) is 80.6 Å². The highest BCUT2D eigenvalue weighted by atomic mass is 16.5. The third-order valence-electron chi connectivity index (χ3n) is 4.93. The third-order valence-corrected chi connectivity index (χ3v) is 4.93. The Balaban J connectivity index is 1.59. The van der Waals surface area contributed by atoms with E-state index in [0.29, 0.717) is 43.0 Å². The number of ether oxygens (including phenoxy) is 2. The van der Waals surface area contributed by atoms with Gasteiger partial charge in [-0.3, -0.25) is 0 Å². The molecule has 0 bridgehead atoms. The van der Waals surface area contributed by atoms with Crippen LogP contribution in [0.2, 0.25) is 0 Å². The van der Waals surface area contributed by atoms with E-state index in [4.69, 9.17) is 9.47 Å². The minimum atomic E-state index is -0.00674. The average Bonchev–Trinajstić information content (AvgIpc) is 2.86. The monoisotopic (exact) mass is 448 g/mol. The highest BCUT2D eigenvalue weighted by molar-refractivity contribution is 5.79. The normalized spacial score (nSPS) is 12.2. The molecule has 1 aromatic heterocycles. The van der Waals surface area contributed by atoms with Crippen molar-refractivity contribution >= 4 is 5.96 Å². The van der Waals surface area contributed by atoms with E-state index < -0.39 is 0 Å². The molecule has 0 saturated carbocycles. The Bertz CT molecular complexity index is 994. The molecule has 3 N–H and O–H groups in total. The van der Waals surface area contributed by atoms with Gasteiger partial charge in [-0.25, -0.2) is 9.98 Å². The number of aliphatic hydroxyl groups excluding tert-OH is 1. The molecule has 0 fully saturated rings. The number of rotatable bonds is 11. The van der Waals surface area contributed by atoms with E-state index in [2.05, 4.69) is 20.6 Å². The zero-order chi connectivity index (χ0) is 23.3. The molecule has 1 heterocycles. The van der Waals surface area contributed by atoms with Gasteiger partial charge in [-0.2, -0.15) is 0 Å². The van der Waals surface area contributed by atoms with Crippen LogP contribution < -0.4 is 20.1 Å². The first-order valence-electron chi connectivity index (χ1n) is 11.3. The first-order chi connectivity index (χ1) is 16.2. The fourth-order valence-electron chi connectivity index (χ4n) is 3.23. The molecule has 2 aromatic carbocycles. The first kappa shape index (κ1) is 24.1. The molecule has 33 heavy (non-hydrogen) atoms. The van der Waals surface area contributed by atoms with Crippen molar-refractivity contribution in [1.82, 2.24) is 15.6 Å². The molecule has 0 radical (unpaired) electrons. The summed E-state index contributed by atoms with van der Waals surface area (Å²) in [6.07, 6.45) is 1.76. The molecule has 0 aliphatic rings. The summed E-state index contributed by atoms with van der Waals surface area (Å²) in [7, 11) is 0. The molecular formula is C26H32N4O3. The van der Waals surface area contributed by atoms with Crippen LogP contribution in [0.3, 0.4) is 0 Å². The van der Waals surface area contributed by atoms with Gasteiger partial charge < -0.3 is 25.2 Å². The number of para-hydroxylation sites is 2. The van der Waals surface area contributed by atoms with Gasteiger partial charge in [-0.1, -0.05) is 48.5 Å². The van der Waals surface area contributed by atoms with Crippen molar-refractivity contribution in [2.75, 3.05) is 26.3 Å². The van der Waals surface area contributed by atoms with Gasteiger partial charge in [-0.15, -0.1) is 0 Å². The van der Waals surface area contributed by atoms with Gasteiger partial charge in [0.1, 0.15) is 0 Å². The number of nitrogens with one attached hydrogen (secondary N) is 2. The molecule has 3 rings (SSSR count). The molecule has 174 valence electrons. The van der Waals surface area contributed by atoms with Crippen molar-refractivity contribution in [3.05, 3.63) is 84.1 Å². The van der Waals surface area contributed by atoms with Crippen LogP contribution in [0.25, 0.3) is 0 Å². The Morgan fingerprint density at radius 3 is 2.39 bits per heavy atom. The summed E-state index contributed by atoms with van der Waals surface area (Å²) in [4.78, 5) is 9.05. The zero-order valence-corrected chi connectivity index (χ0v) is 19.2. The molecule has 3 aromatic rings. The van der Waals surface area contributed by atoms with Gasteiger partial charge in [0.15, 0.2) is 17.5 Å². The van der Waals surface area contributed by atoms with Crippen molar-refractivity contribution in [3.8, 4) is 17.4 Å². The maximum Gasteiger partial charge on any atom is 0.219 e. The van der Waals surface area contributed by atoms with Crippen LogP contribution in [0, 0.1) is 0 Å². The Hall–Kier alpha value is -3.58. The summed E-state index contributed by atoms with van der Waals surface area (Å²) in [5.74, 6) is 2.50. The fraction of sp³-hybridized carbons (Fsp3) is 0.308. The average molecular weight is 449 g/mol. The summed E-state index contributed by atoms with van der Waals surface area (Å²) in [5, 5.41) is 16.3. The van der Waals surface area contributed by atoms with Crippen molar-refractivity contribution in [2.45, 2.75) is 26.3 Å². The zero-order valence-electron chi connectivity index (χ0n) is 19.2. The number of benzene rings is 2. The predicted octanol–water partition coefficient (Wildman–Crippen LogP) is 4.10. The van der Waals surface area contributed by atoms with Crippen LogP contribution in [-0.4, -0.2) is 42.4 Å². The van der Waals surface area contributed by atoms with E-state index in [-0.39, 0.29) is 12.5 Å². The largest absolute Gasteiger partial charge is 0.490 e. The van der Waals surface area contributed by atoms with Crippen LogP contribution in [0.15, 0.2) is 77.9 Å². The molecule has 7 heteroatoms. The SMILES string of the molecule is CCNC(=NCc1ccc(Oc2ccccc2OCC)nc1)NCC(CO)c1ccccc1. The molecule has 0 aliphatic heterocycles. The van der Waals surface area contributed by atoms with Crippen molar-refractivity contribution in [2.24, 2.45) is 4.99 Å². The summed E-state index contributed by atoms with van der Waals surface area (Å²) in [5.41, 5.74) is 2.05. The summed E-state index contributed by atoms with van der Waals surface area (Å²) < 4.78 is 11.5. The van der Waals surface area contributed by atoms with E-state index in [1.165, 1.54) is 0 Å². The second kappa shape index (κ2) is 13.1. The number of nitrogens with zero attached hydrogens (tertiary/aromatic N) is 2. The first-order valence-corrected chi connectivity index (χ1v) is 11.3. The Labute approximate surface area is 195 Å². The molecule has 0 amide bonds. The number of hydrogen-bond donors (Lipinski definition) is 3. The maximum atomic E-state index is 9.78. The number of aromatic nitrogens is 1. The van der Waals surface area contributed by atoms with E-state index in [1.54, 1.807) is 6.20 Å². The van der Waals surface area contributed by atoms with Crippen LogP contribution in [0.1, 0.15) is 30.9 Å². The van der Waals surface area contributed by atoms with Gasteiger partial charge in [0, 0.05) is 31.3 Å². The second-order valence-corrected chi connectivity index (χ2v) is 7.35. The Kier molecular flexibility index (Phi) is 9.54. The van der Waals surface area contributed by atoms with Crippen molar-refractivity contribution < 1.29 is 14.6 Å². The fourth-order valence-corrected chi connectivity index (χ4v) is 3.23. The standard InChI is InChI=1S/C26H32N4O3/c1-3-27-26(30-18-22(19-31)21-10-6-5-7-11-21)29-17-20-14-15-25(28-16-20)33-24-13-9-8-12-23(24)32-4-2/h5-16,22,31H,3-4,17-19H2,1-2H3,(H2,27,29,30). The van der Waals surface area contributed by atoms with Crippen molar-refractivity contribution in [1.29, 1.82) is 0 Å². The lowest BCUT2D eigenvalue weighted by Gasteiger charge is -2.18. The van der Waals surface area contributed by atoms with E-state index >= 15 is 0 Å². The number of aliphatic imine (C=N–C) groups is 1. The van der Waals surface area contributed by atoms with E-state index in [9.17, 15) is 5.11 Å². The Morgan fingerprint density at radius 2 is 1.73 bits per heavy atom. The van der Waals surface area contributed by atoms with Crippen LogP contribution in [-0.2, 0) is 6.54 Å². The lowest BCUT2D eigenvalue weighted by Crippen LogP contribution is -2.39. The Morgan fingerprint density at radius 1 is 0.970 bits per heavy atom. The summed E-state index contributed by atoms with van der Waals surface area (Å²) >= 11 is 0. The molecule has 7 nitrogen and oxygen atoms in total. The molecule has 0 spiro atoms. The molecular weight excluding hydrogens is 416 g/mol. The third kappa shape index (κ3) is 7.50.